The van der Waals surface area contributed by atoms with Crippen molar-refractivity contribution in [3.63, 3.8) is 0 Å². The number of carbonyl (C=O) groups is 2. The molecule has 0 bridgehead atoms. The summed E-state index contributed by atoms with van der Waals surface area (Å²) in [5.41, 5.74) is 3.78. The molecule has 166 valence electrons. The van der Waals surface area contributed by atoms with Gasteiger partial charge in [0.05, 0.1) is 5.92 Å². The highest BCUT2D eigenvalue weighted by molar-refractivity contribution is 7.99. The normalized spacial score (nSPS) is 17.2. The zero-order valence-electron chi connectivity index (χ0n) is 18.9. The first kappa shape index (κ1) is 23.2. The largest absolute Gasteiger partial charge is 0.326 e. The maximum atomic E-state index is 12.9. The van der Waals surface area contributed by atoms with E-state index in [1.807, 2.05) is 55.9 Å². The highest BCUT2D eigenvalue weighted by Gasteiger charge is 2.28. The zero-order valence-corrected chi connectivity index (χ0v) is 19.7. The molecule has 2 aromatic rings. The number of anilines is 2. The van der Waals surface area contributed by atoms with Crippen molar-refractivity contribution in [2.75, 3.05) is 23.7 Å². The predicted octanol–water partition coefficient (Wildman–Crippen LogP) is 6.08. The van der Waals surface area contributed by atoms with Gasteiger partial charge in [-0.3, -0.25) is 4.79 Å². The third-order valence-corrected chi connectivity index (χ3v) is 6.98. The number of thioether (sulfide) groups is 1. The van der Waals surface area contributed by atoms with E-state index in [9.17, 15) is 9.59 Å². The van der Waals surface area contributed by atoms with Crippen molar-refractivity contribution >= 4 is 35.1 Å². The fourth-order valence-corrected chi connectivity index (χ4v) is 4.72. The summed E-state index contributed by atoms with van der Waals surface area (Å²) in [6.45, 7) is 9.53. The van der Waals surface area contributed by atoms with E-state index in [4.69, 9.17) is 0 Å². The lowest BCUT2D eigenvalue weighted by atomic mass is 9.97. The summed E-state index contributed by atoms with van der Waals surface area (Å²) in [4.78, 5) is 28.6. The average Bonchev–Trinajstić information content (AvgIpc) is 2.75. The number of aryl methyl sites for hydroxylation is 2. The van der Waals surface area contributed by atoms with E-state index in [0.717, 1.165) is 41.8 Å². The predicted molar refractivity (Wildman–Crippen MR) is 130 cm³/mol. The van der Waals surface area contributed by atoms with Crippen LogP contribution in [0.3, 0.4) is 0 Å². The van der Waals surface area contributed by atoms with Gasteiger partial charge in [-0.1, -0.05) is 26.0 Å². The second kappa shape index (κ2) is 10.7. The summed E-state index contributed by atoms with van der Waals surface area (Å²) >= 11 is 1.85. The molecule has 0 spiro atoms. The number of nitrogens with zero attached hydrogens (tertiary/aromatic N) is 1. The number of nitrogens with one attached hydrogen (secondary N) is 2. The van der Waals surface area contributed by atoms with Crippen molar-refractivity contribution in [2.24, 2.45) is 5.92 Å². The van der Waals surface area contributed by atoms with Gasteiger partial charge in [0, 0.05) is 34.6 Å². The van der Waals surface area contributed by atoms with Crippen molar-refractivity contribution in [1.29, 1.82) is 0 Å². The molecule has 0 aromatic heterocycles. The first-order valence-electron chi connectivity index (χ1n) is 11.1. The van der Waals surface area contributed by atoms with E-state index in [-0.39, 0.29) is 17.9 Å². The number of piperidine rings is 1. The molecule has 1 heterocycles. The van der Waals surface area contributed by atoms with Gasteiger partial charge >= 0.3 is 6.03 Å². The smallest absolute Gasteiger partial charge is 0.321 e. The molecule has 0 saturated carbocycles. The first-order chi connectivity index (χ1) is 14.9. The van der Waals surface area contributed by atoms with Crippen molar-refractivity contribution in [3.05, 3.63) is 53.6 Å². The molecule has 2 aromatic carbocycles. The highest BCUT2D eigenvalue weighted by atomic mass is 32.2. The van der Waals surface area contributed by atoms with Crippen LogP contribution in [0.2, 0.25) is 0 Å². The van der Waals surface area contributed by atoms with Crippen molar-refractivity contribution in [2.45, 2.75) is 57.1 Å². The topological polar surface area (TPSA) is 61.4 Å². The molecule has 1 aliphatic heterocycles. The Bertz CT molecular complexity index is 931. The number of likely N-dealkylation sites (tertiary alicyclic amines) is 1. The Labute approximate surface area is 190 Å². The number of hydrogen-bond donors (Lipinski definition) is 2. The van der Waals surface area contributed by atoms with Gasteiger partial charge in [-0.25, -0.2) is 4.79 Å². The van der Waals surface area contributed by atoms with Crippen LogP contribution in [0.4, 0.5) is 16.2 Å². The van der Waals surface area contributed by atoms with Crippen LogP contribution >= 0.6 is 11.8 Å². The van der Waals surface area contributed by atoms with Crippen LogP contribution in [0.1, 0.15) is 44.2 Å². The maximum Gasteiger partial charge on any atom is 0.321 e. The first-order valence-corrected chi connectivity index (χ1v) is 11.9. The Morgan fingerprint density at radius 2 is 1.97 bits per heavy atom. The van der Waals surface area contributed by atoms with Crippen LogP contribution in [0.5, 0.6) is 0 Å². The molecule has 2 N–H and O–H groups in total. The van der Waals surface area contributed by atoms with Crippen molar-refractivity contribution in [3.8, 4) is 0 Å². The summed E-state index contributed by atoms with van der Waals surface area (Å²) in [7, 11) is 0. The number of urea groups is 1. The van der Waals surface area contributed by atoms with E-state index < -0.39 is 0 Å². The van der Waals surface area contributed by atoms with Crippen LogP contribution in [0.15, 0.2) is 47.4 Å². The van der Waals surface area contributed by atoms with Crippen LogP contribution in [-0.2, 0) is 4.79 Å². The number of amides is 3. The Balaban J connectivity index is 1.58. The molecular formula is C25H33N3O2S. The molecule has 2 unspecified atom stereocenters. The molecule has 2 atom stereocenters. The fraction of sp³-hybridized carbons (Fsp3) is 0.440. The molecule has 6 heteroatoms. The Hall–Kier alpha value is -2.47. The summed E-state index contributed by atoms with van der Waals surface area (Å²) in [6, 6.07) is 13.8. The van der Waals surface area contributed by atoms with Gasteiger partial charge in [-0.2, -0.15) is 0 Å². The van der Waals surface area contributed by atoms with Crippen LogP contribution in [0.25, 0.3) is 0 Å². The van der Waals surface area contributed by atoms with E-state index in [0.29, 0.717) is 18.3 Å². The van der Waals surface area contributed by atoms with E-state index in [1.54, 1.807) is 4.90 Å². The van der Waals surface area contributed by atoms with Crippen molar-refractivity contribution < 1.29 is 9.59 Å². The second-order valence-corrected chi connectivity index (χ2v) is 9.90. The number of rotatable bonds is 6. The third-order valence-electron chi connectivity index (χ3n) is 5.72. The van der Waals surface area contributed by atoms with Gasteiger partial charge < -0.3 is 15.5 Å². The Kier molecular flexibility index (Phi) is 8.02. The maximum absolute atomic E-state index is 12.9. The van der Waals surface area contributed by atoms with Gasteiger partial charge in [0.2, 0.25) is 5.91 Å². The second-order valence-electron chi connectivity index (χ2n) is 8.39. The number of hydrogen-bond acceptors (Lipinski definition) is 3. The summed E-state index contributed by atoms with van der Waals surface area (Å²) in [5.74, 6) is -0.218. The van der Waals surface area contributed by atoms with Crippen molar-refractivity contribution in [1.82, 2.24) is 4.90 Å². The van der Waals surface area contributed by atoms with Gasteiger partial charge in [-0.15, -0.1) is 11.8 Å². The van der Waals surface area contributed by atoms with Crippen LogP contribution in [-0.4, -0.2) is 35.2 Å². The zero-order chi connectivity index (χ0) is 22.4. The van der Waals surface area contributed by atoms with E-state index in [1.165, 1.54) is 4.90 Å². The van der Waals surface area contributed by atoms with E-state index in [2.05, 4.69) is 36.6 Å². The van der Waals surface area contributed by atoms with Gasteiger partial charge in [-0.05, 0) is 74.6 Å². The molecule has 1 fully saturated rings. The quantitative estimate of drug-likeness (QED) is 0.537. The molecule has 1 saturated heterocycles. The molecule has 1 aliphatic rings. The lowest BCUT2D eigenvalue weighted by molar-refractivity contribution is -0.121. The number of benzene rings is 2. The van der Waals surface area contributed by atoms with Gasteiger partial charge in [0.1, 0.15) is 0 Å². The van der Waals surface area contributed by atoms with E-state index >= 15 is 0 Å². The molecule has 0 radical (unpaired) electrons. The Morgan fingerprint density at radius 3 is 2.68 bits per heavy atom. The fourth-order valence-electron chi connectivity index (χ4n) is 3.70. The lowest BCUT2D eigenvalue weighted by Crippen LogP contribution is -2.45. The minimum atomic E-state index is -0.203. The van der Waals surface area contributed by atoms with Crippen LogP contribution in [0, 0.1) is 19.8 Å². The number of carbonyl (C=O) groups excluding carboxylic acids is 2. The Morgan fingerprint density at radius 1 is 1.16 bits per heavy atom. The highest BCUT2D eigenvalue weighted by Crippen LogP contribution is 2.29. The third kappa shape index (κ3) is 6.50. The SMILES string of the molecule is CCC(C)Sc1ccc(NC(=O)C2CCCN(C(=O)Nc3cccc(C)c3)C2)c(C)c1. The standard InChI is InChI=1S/C25H33N3O2S/c1-5-19(4)31-22-11-12-23(18(3)15-22)27-24(29)20-9-7-13-28(16-20)25(30)26-21-10-6-8-17(2)14-21/h6,8,10-12,14-15,19-20H,5,7,9,13,16H2,1-4H3,(H,26,30)(H,27,29). The monoisotopic (exact) mass is 439 g/mol. The molecule has 0 aliphatic carbocycles. The summed E-state index contributed by atoms with van der Waals surface area (Å²) in [6.07, 6.45) is 2.74. The molecular weight excluding hydrogens is 406 g/mol. The van der Waals surface area contributed by atoms with Crippen LogP contribution < -0.4 is 10.6 Å². The summed E-state index contributed by atoms with van der Waals surface area (Å²) in [5, 5.41) is 6.60. The molecule has 31 heavy (non-hydrogen) atoms. The lowest BCUT2D eigenvalue weighted by Gasteiger charge is -2.32. The average molecular weight is 440 g/mol. The van der Waals surface area contributed by atoms with Gasteiger partial charge in [0.25, 0.3) is 0 Å². The molecule has 5 nitrogen and oxygen atoms in total. The van der Waals surface area contributed by atoms with Gasteiger partial charge in [0.15, 0.2) is 0 Å². The molecule has 3 amide bonds. The minimum absolute atomic E-state index is 0.0153. The summed E-state index contributed by atoms with van der Waals surface area (Å²) < 4.78 is 0. The minimum Gasteiger partial charge on any atom is -0.326 e. The molecule has 3 rings (SSSR count).